The molecule has 2 saturated heterocycles. The minimum Gasteiger partial charge on any atom is -0.381 e. The minimum atomic E-state index is 0.189. The van der Waals surface area contributed by atoms with Crippen molar-refractivity contribution >= 4 is 29.3 Å². The van der Waals surface area contributed by atoms with Crippen LogP contribution in [0.25, 0.3) is 0 Å². The van der Waals surface area contributed by atoms with Crippen molar-refractivity contribution in [2.45, 2.75) is 23.8 Å². The standard InChI is InChI=1S/C10H16O2S2/c1-7-10(14-5-4-13-7)9(11)8-2-3-12-6-8/h7-8,10H,2-6H2,1H3. The first kappa shape index (κ1) is 10.8. The Labute approximate surface area is 93.5 Å². The average molecular weight is 232 g/mol. The van der Waals surface area contributed by atoms with Crippen LogP contribution in [0.1, 0.15) is 13.3 Å². The van der Waals surface area contributed by atoms with Gasteiger partial charge in [-0.25, -0.2) is 0 Å². The first-order chi connectivity index (χ1) is 6.79. The summed E-state index contributed by atoms with van der Waals surface area (Å²) in [5.41, 5.74) is 0. The number of hydrogen-bond donors (Lipinski definition) is 0. The highest BCUT2D eigenvalue weighted by atomic mass is 32.2. The summed E-state index contributed by atoms with van der Waals surface area (Å²) in [7, 11) is 0. The van der Waals surface area contributed by atoms with Gasteiger partial charge in [0.15, 0.2) is 5.78 Å². The summed E-state index contributed by atoms with van der Waals surface area (Å²) in [5.74, 6) is 2.94. The molecule has 0 bridgehead atoms. The second-order valence-electron chi connectivity index (χ2n) is 3.83. The molecule has 4 heteroatoms. The van der Waals surface area contributed by atoms with Crippen molar-refractivity contribution < 1.29 is 9.53 Å². The van der Waals surface area contributed by atoms with Crippen LogP contribution in [0.15, 0.2) is 0 Å². The Morgan fingerprint density at radius 1 is 1.36 bits per heavy atom. The Bertz CT molecular complexity index is 214. The fraction of sp³-hybridized carbons (Fsp3) is 0.900. The van der Waals surface area contributed by atoms with E-state index in [0.29, 0.717) is 17.6 Å². The Morgan fingerprint density at radius 2 is 2.14 bits per heavy atom. The Hall–Kier alpha value is 0.330. The van der Waals surface area contributed by atoms with Gasteiger partial charge in [-0.3, -0.25) is 4.79 Å². The van der Waals surface area contributed by atoms with Crippen LogP contribution in [-0.4, -0.2) is 41.0 Å². The number of hydrogen-bond acceptors (Lipinski definition) is 4. The summed E-state index contributed by atoms with van der Waals surface area (Å²) in [6, 6.07) is 0. The van der Waals surface area contributed by atoms with Crippen molar-refractivity contribution in [3.05, 3.63) is 0 Å². The molecule has 0 aromatic heterocycles. The molecule has 80 valence electrons. The highest BCUT2D eigenvalue weighted by Crippen LogP contribution is 2.34. The lowest BCUT2D eigenvalue weighted by molar-refractivity contribution is -0.122. The minimum absolute atomic E-state index is 0.189. The smallest absolute Gasteiger partial charge is 0.152 e. The Balaban J connectivity index is 1.94. The van der Waals surface area contributed by atoms with Gasteiger partial charge in [-0.15, -0.1) is 11.8 Å². The van der Waals surface area contributed by atoms with Crippen LogP contribution in [0.3, 0.4) is 0 Å². The molecule has 2 nitrogen and oxygen atoms in total. The Morgan fingerprint density at radius 3 is 2.79 bits per heavy atom. The summed E-state index contributed by atoms with van der Waals surface area (Å²) < 4.78 is 5.27. The number of ether oxygens (including phenoxy) is 1. The molecule has 3 unspecified atom stereocenters. The highest BCUT2D eigenvalue weighted by molar-refractivity contribution is 8.07. The van der Waals surface area contributed by atoms with E-state index in [9.17, 15) is 4.79 Å². The van der Waals surface area contributed by atoms with E-state index in [0.717, 1.165) is 18.8 Å². The van der Waals surface area contributed by atoms with Gasteiger partial charge in [0.25, 0.3) is 0 Å². The second-order valence-corrected chi connectivity index (χ2v) is 6.56. The fourth-order valence-corrected chi connectivity index (χ4v) is 4.74. The lowest BCUT2D eigenvalue weighted by atomic mass is 9.99. The molecule has 3 atom stereocenters. The first-order valence-electron chi connectivity index (χ1n) is 5.13. The molecule has 0 N–H and O–H groups in total. The topological polar surface area (TPSA) is 26.3 Å². The second kappa shape index (κ2) is 4.90. The molecular weight excluding hydrogens is 216 g/mol. The molecule has 0 spiro atoms. The van der Waals surface area contributed by atoms with E-state index in [4.69, 9.17) is 4.74 Å². The van der Waals surface area contributed by atoms with E-state index in [1.807, 2.05) is 23.5 Å². The van der Waals surface area contributed by atoms with Gasteiger partial charge in [-0.1, -0.05) is 6.92 Å². The summed E-state index contributed by atoms with van der Waals surface area (Å²) >= 11 is 3.77. The molecule has 2 fully saturated rings. The molecule has 2 heterocycles. The lowest BCUT2D eigenvalue weighted by Gasteiger charge is -2.28. The maximum atomic E-state index is 12.1. The van der Waals surface area contributed by atoms with Crippen LogP contribution in [0.5, 0.6) is 0 Å². The quantitative estimate of drug-likeness (QED) is 0.725. The normalized spacial score (nSPS) is 38.5. The van der Waals surface area contributed by atoms with Gasteiger partial charge in [-0.2, -0.15) is 11.8 Å². The van der Waals surface area contributed by atoms with E-state index >= 15 is 0 Å². The molecule has 0 saturated carbocycles. The predicted octanol–water partition coefficient (Wildman–Crippen LogP) is 1.83. The number of carbonyl (C=O) groups is 1. The van der Waals surface area contributed by atoms with Crippen LogP contribution in [0.2, 0.25) is 0 Å². The maximum Gasteiger partial charge on any atom is 0.152 e. The van der Waals surface area contributed by atoms with Crippen LogP contribution in [-0.2, 0) is 9.53 Å². The molecule has 0 amide bonds. The SMILES string of the molecule is CC1SCCSC1C(=O)C1CCOC1. The number of rotatable bonds is 2. The maximum absolute atomic E-state index is 12.1. The third kappa shape index (κ3) is 2.28. The lowest BCUT2D eigenvalue weighted by Crippen LogP contribution is -2.35. The van der Waals surface area contributed by atoms with Crippen LogP contribution in [0.4, 0.5) is 0 Å². The summed E-state index contributed by atoms with van der Waals surface area (Å²) in [5, 5.41) is 0.710. The van der Waals surface area contributed by atoms with Gasteiger partial charge >= 0.3 is 0 Å². The van der Waals surface area contributed by atoms with Crippen LogP contribution >= 0.6 is 23.5 Å². The molecule has 2 aliphatic rings. The van der Waals surface area contributed by atoms with E-state index in [1.54, 1.807) is 0 Å². The average Bonchev–Trinajstić information content (AvgIpc) is 2.70. The van der Waals surface area contributed by atoms with Crippen molar-refractivity contribution in [2.24, 2.45) is 5.92 Å². The van der Waals surface area contributed by atoms with E-state index in [1.165, 1.54) is 5.75 Å². The molecule has 2 rings (SSSR count). The van der Waals surface area contributed by atoms with Crippen molar-refractivity contribution in [2.75, 3.05) is 24.7 Å². The molecule has 2 aliphatic heterocycles. The zero-order valence-corrected chi connectivity index (χ0v) is 10.0. The fourth-order valence-electron chi connectivity index (χ4n) is 1.94. The molecule has 0 radical (unpaired) electrons. The number of thioether (sulfide) groups is 2. The monoisotopic (exact) mass is 232 g/mol. The van der Waals surface area contributed by atoms with Gasteiger partial charge in [0.05, 0.1) is 11.9 Å². The van der Waals surface area contributed by atoms with Gasteiger partial charge in [0.2, 0.25) is 0 Å². The number of Topliss-reactive ketones (excluding diaryl/α,β-unsaturated/α-hetero) is 1. The van der Waals surface area contributed by atoms with Gasteiger partial charge in [0.1, 0.15) is 0 Å². The van der Waals surface area contributed by atoms with E-state index < -0.39 is 0 Å². The van der Waals surface area contributed by atoms with E-state index in [-0.39, 0.29) is 11.2 Å². The summed E-state index contributed by atoms with van der Waals surface area (Å²) in [6.45, 7) is 3.61. The largest absolute Gasteiger partial charge is 0.381 e. The van der Waals surface area contributed by atoms with E-state index in [2.05, 4.69) is 6.92 Å². The number of ketones is 1. The summed E-state index contributed by atoms with van der Waals surface area (Å²) in [4.78, 5) is 12.1. The molecular formula is C10H16O2S2. The summed E-state index contributed by atoms with van der Waals surface area (Å²) in [6.07, 6.45) is 0.938. The van der Waals surface area contributed by atoms with Crippen LogP contribution in [0, 0.1) is 5.92 Å². The Kier molecular flexibility index (Phi) is 3.79. The third-order valence-corrected chi connectivity index (χ3v) is 5.91. The molecule has 0 aromatic rings. The van der Waals surface area contributed by atoms with Crippen molar-refractivity contribution in [1.29, 1.82) is 0 Å². The van der Waals surface area contributed by atoms with Crippen molar-refractivity contribution in [3.63, 3.8) is 0 Å². The van der Waals surface area contributed by atoms with Crippen molar-refractivity contribution in [3.8, 4) is 0 Å². The highest BCUT2D eigenvalue weighted by Gasteiger charge is 2.35. The zero-order chi connectivity index (χ0) is 9.97. The third-order valence-electron chi connectivity index (χ3n) is 2.80. The number of carbonyl (C=O) groups excluding carboxylic acids is 1. The van der Waals surface area contributed by atoms with Crippen molar-refractivity contribution in [1.82, 2.24) is 0 Å². The van der Waals surface area contributed by atoms with Gasteiger partial charge < -0.3 is 4.74 Å². The molecule has 0 aliphatic carbocycles. The molecule has 14 heavy (non-hydrogen) atoms. The van der Waals surface area contributed by atoms with Gasteiger partial charge in [-0.05, 0) is 6.42 Å². The molecule has 0 aromatic carbocycles. The predicted molar refractivity (Wildman–Crippen MR) is 62.1 cm³/mol. The van der Waals surface area contributed by atoms with Gasteiger partial charge in [0, 0.05) is 29.3 Å². The van der Waals surface area contributed by atoms with Crippen LogP contribution < -0.4 is 0 Å². The zero-order valence-electron chi connectivity index (χ0n) is 8.40. The first-order valence-corrected chi connectivity index (χ1v) is 7.23.